The summed E-state index contributed by atoms with van der Waals surface area (Å²) in [7, 11) is 1.56. The van der Waals surface area contributed by atoms with Crippen LogP contribution < -0.4 is 9.47 Å². The lowest BCUT2D eigenvalue weighted by molar-refractivity contribution is 0.0735. The van der Waals surface area contributed by atoms with Crippen LogP contribution in [0.5, 0.6) is 11.5 Å². The van der Waals surface area contributed by atoms with E-state index in [4.69, 9.17) is 21.1 Å². The van der Waals surface area contributed by atoms with Gasteiger partial charge in [-0.25, -0.2) is 4.79 Å². The molecule has 0 fully saturated rings. The highest BCUT2D eigenvalue weighted by Gasteiger charge is 2.12. The number of azo groups is 1. The van der Waals surface area contributed by atoms with Crippen molar-refractivity contribution in [1.29, 1.82) is 0 Å². The van der Waals surface area contributed by atoms with E-state index < -0.39 is 5.97 Å². The molecule has 6 heteroatoms. The zero-order valence-corrected chi connectivity index (χ0v) is 16.5. The molecule has 3 rings (SSSR count). The molecule has 0 atom stereocenters. The van der Waals surface area contributed by atoms with E-state index in [1.807, 2.05) is 32.0 Å². The van der Waals surface area contributed by atoms with Gasteiger partial charge in [0.1, 0.15) is 11.5 Å². The van der Waals surface area contributed by atoms with Gasteiger partial charge in [-0.3, -0.25) is 0 Å². The van der Waals surface area contributed by atoms with E-state index in [9.17, 15) is 4.79 Å². The van der Waals surface area contributed by atoms with E-state index >= 15 is 0 Å². The van der Waals surface area contributed by atoms with Crippen molar-refractivity contribution in [2.45, 2.75) is 13.8 Å². The van der Waals surface area contributed by atoms with Crippen molar-refractivity contribution < 1.29 is 14.3 Å². The molecule has 0 saturated heterocycles. The molecule has 5 nitrogen and oxygen atoms in total. The molecular weight excluding hydrogens is 376 g/mol. The smallest absolute Gasteiger partial charge is 0.343 e. The number of carbonyl (C=O) groups is 1. The summed E-state index contributed by atoms with van der Waals surface area (Å²) in [6, 6.07) is 17.5. The fourth-order valence-electron chi connectivity index (χ4n) is 2.55. The number of rotatable bonds is 5. The largest absolute Gasteiger partial charge is 0.497 e. The first kappa shape index (κ1) is 19.6. The summed E-state index contributed by atoms with van der Waals surface area (Å²) in [5, 5.41) is 8.75. The number of nitrogens with zero attached hydrogens (tertiary/aromatic N) is 2. The minimum absolute atomic E-state index is 0.257. The number of carbonyl (C=O) groups excluding carboxylic acids is 1. The molecule has 0 bridgehead atoms. The molecule has 0 N–H and O–H groups in total. The first-order valence-electron chi connectivity index (χ1n) is 8.61. The van der Waals surface area contributed by atoms with Gasteiger partial charge in [-0.15, -0.1) is 0 Å². The second kappa shape index (κ2) is 8.67. The van der Waals surface area contributed by atoms with Gasteiger partial charge < -0.3 is 9.47 Å². The van der Waals surface area contributed by atoms with E-state index in [2.05, 4.69) is 10.2 Å². The monoisotopic (exact) mass is 394 g/mol. The van der Waals surface area contributed by atoms with Crippen LogP contribution in [0.25, 0.3) is 0 Å². The number of benzene rings is 3. The Bertz CT molecular complexity index is 1030. The molecule has 0 amide bonds. The average Bonchev–Trinajstić information content (AvgIpc) is 2.69. The quantitative estimate of drug-likeness (QED) is 0.278. The second-order valence-electron chi connectivity index (χ2n) is 6.22. The van der Waals surface area contributed by atoms with E-state index in [1.165, 1.54) is 5.56 Å². The van der Waals surface area contributed by atoms with Crippen LogP contribution in [0, 0.1) is 13.8 Å². The maximum atomic E-state index is 12.3. The summed E-state index contributed by atoms with van der Waals surface area (Å²) >= 11 is 6.24. The van der Waals surface area contributed by atoms with Crippen LogP contribution in [0.2, 0.25) is 5.02 Å². The highest BCUT2D eigenvalue weighted by Crippen LogP contribution is 2.31. The molecule has 0 aliphatic carbocycles. The number of halogens is 1. The lowest BCUT2D eigenvalue weighted by Crippen LogP contribution is -2.08. The third-order valence-corrected chi connectivity index (χ3v) is 4.36. The Kier molecular flexibility index (Phi) is 6.06. The number of ether oxygens (including phenoxy) is 2. The molecule has 0 heterocycles. The van der Waals surface area contributed by atoms with Gasteiger partial charge in [0.25, 0.3) is 0 Å². The summed E-state index contributed by atoms with van der Waals surface area (Å²) in [5.74, 6) is 0.412. The molecule has 0 aliphatic heterocycles. The molecule has 0 aromatic heterocycles. The van der Waals surface area contributed by atoms with Gasteiger partial charge in [-0.1, -0.05) is 29.3 Å². The van der Waals surface area contributed by atoms with Gasteiger partial charge in [0, 0.05) is 0 Å². The van der Waals surface area contributed by atoms with Gasteiger partial charge in [-0.2, -0.15) is 10.2 Å². The van der Waals surface area contributed by atoms with Crippen molar-refractivity contribution in [2.24, 2.45) is 10.2 Å². The summed E-state index contributed by atoms with van der Waals surface area (Å²) in [6.45, 7) is 4.01. The minimum atomic E-state index is -0.505. The molecule has 0 aliphatic rings. The fraction of sp³-hybridized carbons (Fsp3) is 0.136. The number of hydrogen-bond donors (Lipinski definition) is 0. The standard InChI is InChI=1S/C22H19ClN2O3/c1-14-4-10-20(15(2)12-14)25-24-17-7-11-21(19(23)13-17)28-22(26)16-5-8-18(27-3)9-6-16/h4-13H,1-3H3. The zero-order chi connectivity index (χ0) is 20.1. The van der Waals surface area contributed by atoms with Crippen molar-refractivity contribution in [1.82, 2.24) is 0 Å². The third-order valence-electron chi connectivity index (χ3n) is 4.07. The number of aryl methyl sites for hydroxylation is 2. The molecule has 0 saturated carbocycles. The van der Waals surface area contributed by atoms with Crippen LogP contribution in [-0.4, -0.2) is 13.1 Å². The Morgan fingerprint density at radius 1 is 0.929 bits per heavy atom. The zero-order valence-electron chi connectivity index (χ0n) is 15.8. The number of hydrogen-bond acceptors (Lipinski definition) is 5. The molecule has 3 aromatic rings. The third kappa shape index (κ3) is 4.75. The minimum Gasteiger partial charge on any atom is -0.497 e. The predicted molar refractivity (Wildman–Crippen MR) is 109 cm³/mol. The van der Waals surface area contributed by atoms with E-state index in [0.29, 0.717) is 17.0 Å². The number of methoxy groups -OCH3 is 1. The topological polar surface area (TPSA) is 60.2 Å². The van der Waals surface area contributed by atoms with Gasteiger partial charge in [0.2, 0.25) is 0 Å². The Morgan fingerprint density at radius 2 is 1.68 bits per heavy atom. The molecule has 0 radical (unpaired) electrons. The van der Waals surface area contributed by atoms with Crippen LogP contribution in [-0.2, 0) is 0 Å². The second-order valence-corrected chi connectivity index (χ2v) is 6.63. The van der Waals surface area contributed by atoms with Crippen LogP contribution in [0.3, 0.4) is 0 Å². The summed E-state index contributed by atoms with van der Waals surface area (Å²) in [6.07, 6.45) is 0. The maximum Gasteiger partial charge on any atom is 0.343 e. The summed E-state index contributed by atoms with van der Waals surface area (Å²) in [4.78, 5) is 12.3. The molecular formula is C22H19ClN2O3. The van der Waals surface area contributed by atoms with E-state index in [0.717, 1.165) is 11.3 Å². The highest BCUT2D eigenvalue weighted by atomic mass is 35.5. The molecule has 0 unspecified atom stereocenters. The van der Waals surface area contributed by atoms with E-state index in [1.54, 1.807) is 49.6 Å². The van der Waals surface area contributed by atoms with Crippen molar-refractivity contribution in [3.63, 3.8) is 0 Å². The SMILES string of the molecule is COc1ccc(C(=O)Oc2ccc(N=Nc3ccc(C)cc3C)cc2Cl)cc1. The van der Waals surface area contributed by atoms with E-state index in [-0.39, 0.29) is 10.8 Å². The molecule has 142 valence electrons. The lowest BCUT2D eigenvalue weighted by atomic mass is 10.1. The fourth-order valence-corrected chi connectivity index (χ4v) is 2.76. The van der Waals surface area contributed by atoms with Crippen molar-refractivity contribution in [2.75, 3.05) is 7.11 Å². The Balaban J connectivity index is 1.72. The van der Waals surface area contributed by atoms with Crippen molar-refractivity contribution >= 4 is 28.9 Å². The van der Waals surface area contributed by atoms with Crippen molar-refractivity contribution in [3.05, 3.63) is 82.4 Å². The van der Waals surface area contributed by atoms with Gasteiger partial charge in [0.05, 0.1) is 29.1 Å². The predicted octanol–water partition coefficient (Wildman–Crippen LogP) is 6.60. The Morgan fingerprint density at radius 3 is 2.32 bits per heavy atom. The average molecular weight is 395 g/mol. The highest BCUT2D eigenvalue weighted by molar-refractivity contribution is 6.32. The van der Waals surface area contributed by atoms with Crippen molar-refractivity contribution in [3.8, 4) is 11.5 Å². The Labute approximate surface area is 168 Å². The first-order valence-corrected chi connectivity index (χ1v) is 8.99. The van der Waals surface area contributed by atoms with Crippen LogP contribution in [0.4, 0.5) is 11.4 Å². The molecule has 3 aromatic carbocycles. The Hall–Kier alpha value is -3.18. The van der Waals surface area contributed by atoms with Gasteiger partial charge >= 0.3 is 5.97 Å². The molecule has 28 heavy (non-hydrogen) atoms. The lowest BCUT2D eigenvalue weighted by Gasteiger charge is -2.07. The first-order chi connectivity index (χ1) is 13.5. The van der Waals surface area contributed by atoms with Gasteiger partial charge in [-0.05, 0) is 67.9 Å². The normalized spacial score (nSPS) is 10.9. The van der Waals surface area contributed by atoms with Crippen LogP contribution >= 0.6 is 11.6 Å². The maximum absolute atomic E-state index is 12.3. The number of esters is 1. The van der Waals surface area contributed by atoms with Crippen LogP contribution in [0.1, 0.15) is 21.5 Å². The molecule has 0 spiro atoms. The van der Waals surface area contributed by atoms with Crippen LogP contribution in [0.15, 0.2) is 70.9 Å². The van der Waals surface area contributed by atoms with Gasteiger partial charge in [0.15, 0.2) is 0 Å². The summed E-state index contributed by atoms with van der Waals surface area (Å²) < 4.78 is 10.4. The summed E-state index contributed by atoms with van der Waals surface area (Å²) in [5.41, 5.74) is 3.96.